The Morgan fingerprint density at radius 3 is 3.04 bits per heavy atom. The second kappa shape index (κ2) is 8.35. The molecule has 0 spiro atoms. The van der Waals surface area contributed by atoms with Crippen molar-refractivity contribution in [2.24, 2.45) is 5.92 Å². The zero-order valence-corrected chi connectivity index (χ0v) is 14.6. The number of nitrogens with one attached hydrogen (secondary N) is 3. The standard InChI is InChI=1S/C17H23N3O3.ClH/c1-11(19-16(21)5-2-12-6-7-18-9-12)13-3-4-15-14(8-13)20-17(22)10-23-15;/h3-4,8,11-12,18H,2,5-7,9-10H2,1H3,(H,19,21)(H,20,22);1H. The van der Waals surface area contributed by atoms with Gasteiger partial charge < -0.3 is 20.7 Å². The number of carbonyl (C=O) groups excluding carboxylic acids is 2. The fraction of sp³-hybridized carbons (Fsp3) is 0.529. The van der Waals surface area contributed by atoms with Gasteiger partial charge in [0.15, 0.2) is 6.61 Å². The quantitative estimate of drug-likeness (QED) is 0.756. The van der Waals surface area contributed by atoms with E-state index in [0.29, 0.717) is 23.8 Å². The molecule has 0 aliphatic carbocycles. The molecule has 0 aromatic heterocycles. The summed E-state index contributed by atoms with van der Waals surface area (Å²) in [5.74, 6) is 1.20. The second-order valence-corrected chi connectivity index (χ2v) is 6.28. The Bertz CT molecular complexity index is 603. The van der Waals surface area contributed by atoms with Crippen LogP contribution in [-0.2, 0) is 9.59 Å². The van der Waals surface area contributed by atoms with Crippen LogP contribution >= 0.6 is 12.4 Å². The van der Waals surface area contributed by atoms with Crippen molar-refractivity contribution in [3.05, 3.63) is 23.8 Å². The number of halogens is 1. The van der Waals surface area contributed by atoms with E-state index in [9.17, 15) is 9.59 Å². The summed E-state index contributed by atoms with van der Waals surface area (Å²) >= 11 is 0. The molecule has 0 saturated carbocycles. The Hall–Kier alpha value is -1.79. The van der Waals surface area contributed by atoms with E-state index < -0.39 is 0 Å². The molecule has 0 radical (unpaired) electrons. The number of carbonyl (C=O) groups is 2. The number of fused-ring (bicyclic) bond motifs is 1. The van der Waals surface area contributed by atoms with Crippen LogP contribution in [0, 0.1) is 5.92 Å². The highest BCUT2D eigenvalue weighted by molar-refractivity contribution is 5.95. The molecule has 2 aliphatic heterocycles. The lowest BCUT2D eigenvalue weighted by Gasteiger charge is -2.21. The summed E-state index contributed by atoms with van der Waals surface area (Å²) < 4.78 is 5.34. The smallest absolute Gasteiger partial charge is 0.262 e. The number of hydrogen-bond donors (Lipinski definition) is 3. The lowest BCUT2D eigenvalue weighted by atomic mass is 10.0. The number of benzene rings is 1. The van der Waals surface area contributed by atoms with Crippen LogP contribution in [0.2, 0.25) is 0 Å². The molecule has 0 bridgehead atoms. The van der Waals surface area contributed by atoms with E-state index >= 15 is 0 Å². The van der Waals surface area contributed by atoms with Crippen LogP contribution in [0.15, 0.2) is 18.2 Å². The van der Waals surface area contributed by atoms with Crippen LogP contribution in [0.3, 0.4) is 0 Å². The molecule has 132 valence electrons. The lowest BCUT2D eigenvalue weighted by Crippen LogP contribution is -2.28. The van der Waals surface area contributed by atoms with Crippen molar-refractivity contribution in [3.8, 4) is 5.75 Å². The van der Waals surface area contributed by atoms with Crippen molar-refractivity contribution in [2.75, 3.05) is 25.0 Å². The van der Waals surface area contributed by atoms with Crippen LogP contribution < -0.4 is 20.7 Å². The van der Waals surface area contributed by atoms with Gasteiger partial charge >= 0.3 is 0 Å². The fourth-order valence-corrected chi connectivity index (χ4v) is 3.06. The molecule has 1 aromatic carbocycles. The van der Waals surface area contributed by atoms with Gasteiger partial charge in [0.2, 0.25) is 5.91 Å². The van der Waals surface area contributed by atoms with Crippen molar-refractivity contribution in [1.29, 1.82) is 0 Å². The molecular weight excluding hydrogens is 330 g/mol. The number of rotatable bonds is 5. The molecule has 7 heteroatoms. The minimum atomic E-state index is -0.156. The van der Waals surface area contributed by atoms with Gasteiger partial charge in [-0.15, -0.1) is 12.4 Å². The highest BCUT2D eigenvalue weighted by Gasteiger charge is 2.19. The maximum atomic E-state index is 12.1. The number of anilines is 1. The molecule has 2 atom stereocenters. The topological polar surface area (TPSA) is 79.5 Å². The van der Waals surface area contributed by atoms with E-state index in [4.69, 9.17) is 4.74 Å². The Kier molecular flexibility index (Phi) is 6.45. The van der Waals surface area contributed by atoms with Crippen molar-refractivity contribution in [3.63, 3.8) is 0 Å². The van der Waals surface area contributed by atoms with Crippen LogP contribution in [0.1, 0.15) is 37.8 Å². The van der Waals surface area contributed by atoms with Gasteiger partial charge in [-0.2, -0.15) is 0 Å². The van der Waals surface area contributed by atoms with Gasteiger partial charge in [-0.3, -0.25) is 9.59 Å². The average Bonchev–Trinajstić information content (AvgIpc) is 3.05. The Labute approximate surface area is 148 Å². The zero-order chi connectivity index (χ0) is 16.2. The second-order valence-electron chi connectivity index (χ2n) is 6.28. The minimum Gasteiger partial charge on any atom is -0.482 e. The first-order valence-electron chi connectivity index (χ1n) is 8.18. The van der Waals surface area contributed by atoms with Crippen LogP contribution in [0.25, 0.3) is 0 Å². The monoisotopic (exact) mass is 353 g/mol. The van der Waals surface area contributed by atoms with Crippen molar-refractivity contribution < 1.29 is 14.3 Å². The first-order chi connectivity index (χ1) is 11.1. The van der Waals surface area contributed by atoms with Gasteiger partial charge in [-0.05, 0) is 56.5 Å². The largest absolute Gasteiger partial charge is 0.482 e. The van der Waals surface area contributed by atoms with Gasteiger partial charge in [0.1, 0.15) is 5.75 Å². The summed E-state index contributed by atoms with van der Waals surface area (Å²) in [5.41, 5.74) is 1.61. The highest BCUT2D eigenvalue weighted by Crippen LogP contribution is 2.30. The third-order valence-corrected chi connectivity index (χ3v) is 4.46. The predicted octanol–water partition coefficient (Wildman–Crippen LogP) is 2.01. The van der Waals surface area contributed by atoms with Gasteiger partial charge in [-0.25, -0.2) is 0 Å². The average molecular weight is 354 g/mol. The van der Waals surface area contributed by atoms with Gasteiger partial charge in [0.05, 0.1) is 11.7 Å². The first-order valence-corrected chi connectivity index (χ1v) is 8.18. The summed E-state index contributed by atoms with van der Waals surface area (Å²) in [4.78, 5) is 23.5. The third-order valence-electron chi connectivity index (χ3n) is 4.46. The van der Waals surface area contributed by atoms with Gasteiger partial charge in [0.25, 0.3) is 5.91 Å². The van der Waals surface area contributed by atoms with Crippen LogP contribution in [0.4, 0.5) is 5.69 Å². The molecule has 6 nitrogen and oxygen atoms in total. The Morgan fingerprint density at radius 2 is 2.29 bits per heavy atom. The van der Waals surface area contributed by atoms with Crippen molar-refractivity contribution >= 4 is 29.9 Å². The van der Waals surface area contributed by atoms with Crippen LogP contribution in [0.5, 0.6) is 5.75 Å². The van der Waals surface area contributed by atoms with Gasteiger partial charge in [0, 0.05) is 6.42 Å². The maximum absolute atomic E-state index is 12.1. The molecule has 3 rings (SSSR count). The summed E-state index contributed by atoms with van der Waals surface area (Å²) in [7, 11) is 0. The lowest BCUT2D eigenvalue weighted by molar-refractivity contribution is -0.122. The zero-order valence-electron chi connectivity index (χ0n) is 13.8. The molecule has 2 unspecified atom stereocenters. The molecule has 1 aromatic rings. The minimum absolute atomic E-state index is 0. The molecule has 2 heterocycles. The van der Waals surface area contributed by atoms with Gasteiger partial charge in [-0.1, -0.05) is 6.07 Å². The first kappa shape index (κ1) is 18.5. The summed E-state index contributed by atoms with van der Waals surface area (Å²) in [5, 5.41) is 9.13. The molecule has 24 heavy (non-hydrogen) atoms. The molecule has 3 N–H and O–H groups in total. The summed E-state index contributed by atoms with van der Waals surface area (Å²) in [6, 6.07) is 5.51. The van der Waals surface area contributed by atoms with Crippen LogP contribution in [-0.4, -0.2) is 31.5 Å². The Balaban J connectivity index is 0.00000208. The predicted molar refractivity (Wildman–Crippen MR) is 94.6 cm³/mol. The highest BCUT2D eigenvalue weighted by atomic mass is 35.5. The molecule has 2 aliphatic rings. The van der Waals surface area contributed by atoms with Crippen molar-refractivity contribution in [1.82, 2.24) is 10.6 Å². The summed E-state index contributed by atoms with van der Waals surface area (Å²) in [6.45, 7) is 4.08. The Morgan fingerprint density at radius 1 is 1.46 bits per heavy atom. The number of amides is 2. The van der Waals surface area contributed by atoms with E-state index in [1.165, 1.54) is 0 Å². The normalized spacial score (nSPS) is 20.2. The number of ether oxygens (including phenoxy) is 1. The van der Waals surface area contributed by atoms with E-state index in [2.05, 4.69) is 16.0 Å². The SMILES string of the molecule is CC(NC(=O)CCC1CCNC1)c1ccc2c(c1)NC(=O)CO2.Cl. The third kappa shape index (κ3) is 4.61. The van der Waals surface area contributed by atoms with Crippen molar-refractivity contribution in [2.45, 2.75) is 32.2 Å². The molecule has 1 saturated heterocycles. The molecule has 1 fully saturated rings. The van der Waals surface area contributed by atoms with E-state index in [-0.39, 0.29) is 36.9 Å². The summed E-state index contributed by atoms with van der Waals surface area (Å²) in [6.07, 6.45) is 2.65. The molecular formula is C17H24ClN3O3. The fourth-order valence-electron chi connectivity index (χ4n) is 3.06. The molecule has 2 amide bonds. The maximum Gasteiger partial charge on any atom is 0.262 e. The van der Waals surface area contributed by atoms with E-state index in [0.717, 1.165) is 31.5 Å². The van der Waals surface area contributed by atoms with E-state index in [1.54, 1.807) is 0 Å². The number of hydrogen-bond acceptors (Lipinski definition) is 4. The van der Waals surface area contributed by atoms with E-state index in [1.807, 2.05) is 25.1 Å².